The van der Waals surface area contributed by atoms with Gasteiger partial charge in [-0.15, -0.1) is 0 Å². The zero-order valence-corrected chi connectivity index (χ0v) is 12.1. The van der Waals surface area contributed by atoms with Crippen LogP contribution in [0.4, 0.5) is 0 Å². The first-order valence-corrected chi connectivity index (χ1v) is 6.82. The van der Waals surface area contributed by atoms with Crippen molar-refractivity contribution in [2.24, 2.45) is 0 Å². The predicted molar refractivity (Wildman–Crippen MR) is 76.1 cm³/mol. The Kier molecular flexibility index (Phi) is 3.98. The first kappa shape index (κ1) is 12.3. The smallest absolute Gasteiger partial charge is 0.100 e. The van der Waals surface area contributed by atoms with Gasteiger partial charge >= 0.3 is 0 Å². The van der Waals surface area contributed by atoms with Crippen molar-refractivity contribution in [2.75, 3.05) is 0 Å². The third-order valence-corrected chi connectivity index (χ3v) is 4.24. The molecule has 0 fully saturated rings. The van der Waals surface area contributed by atoms with Gasteiger partial charge in [-0.3, -0.25) is 0 Å². The molecule has 1 atom stereocenters. The summed E-state index contributed by atoms with van der Waals surface area (Å²) in [6.07, 6.45) is 0. The molecule has 0 spiro atoms. The molecule has 0 amide bonds. The van der Waals surface area contributed by atoms with E-state index in [-0.39, 0.29) is 4.83 Å². The fraction of sp³-hybridized carbons (Fsp3) is 0.0714. The summed E-state index contributed by atoms with van der Waals surface area (Å²) in [5.41, 5.74) is 2.91. The highest BCUT2D eigenvalue weighted by molar-refractivity contribution is 9.10. The van der Waals surface area contributed by atoms with Crippen LogP contribution >= 0.6 is 31.9 Å². The van der Waals surface area contributed by atoms with Crippen molar-refractivity contribution in [3.05, 3.63) is 69.7 Å². The second-order valence-corrected chi connectivity index (χ2v) is 5.39. The minimum absolute atomic E-state index is 0.115. The van der Waals surface area contributed by atoms with E-state index in [0.717, 1.165) is 10.0 Å². The van der Waals surface area contributed by atoms with E-state index in [9.17, 15) is 0 Å². The van der Waals surface area contributed by atoms with Gasteiger partial charge in [-0.05, 0) is 39.2 Å². The van der Waals surface area contributed by atoms with Crippen molar-refractivity contribution in [2.45, 2.75) is 4.83 Å². The summed E-state index contributed by atoms with van der Waals surface area (Å²) in [6, 6.07) is 18.1. The molecule has 0 bridgehead atoms. The van der Waals surface area contributed by atoms with Gasteiger partial charge < -0.3 is 0 Å². The zero-order valence-electron chi connectivity index (χ0n) is 8.90. The molecule has 0 aliphatic heterocycles. The number of rotatable bonds is 2. The largest absolute Gasteiger partial charge is 0.192 e. The van der Waals surface area contributed by atoms with Crippen molar-refractivity contribution < 1.29 is 0 Å². The first-order valence-electron chi connectivity index (χ1n) is 5.11. The van der Waals surface area contributed by atoms with Crippen LogP contribution in [0.1, 0.15) is 21.5 Å². The summed E-state index contributed by atoms with van der Waals surface area (Å²) in [6.45, 7) is 0. The first-order chi connectivity index (χ1) is 8.22. The molecule has 0 N–H and O–H groups in total. The lowest BCUT2D eigenvalue weighted by molar-refractivity contribution is 1.17. The highest BCUT2D eigenvalue weighted by atomic mass is 79.9. The summed E-state index contributed by atoms with van der Waals surface area (Å²) in [4.78, 5) is 0.115. The summed E-state index contributed by atoms with van der Waals surface area (Å²) in [5.74, 6) is 0. The lowest BCUT2D eigenvalue weighted by Crippen LogP contribution is -1.93. The van der Waals surface area contributed by atoms with Crippen LogP contribution in [0.15, 0.2) is 53.0 Å². The fourth-order valence-electron chi connectivity index (χ4n) is 1.60. The predicted octanol–water partition coefficient (Wildman–Crippen LogP) is 4.81. The quantitative estimate of drug-likeness (QED) is 0.713. The monoisotopic (exact) mass is 349 g/mol. The van der Waals surface area contributed by atoms with E-state index in [1.807, 2.05) is 36.4 Å². The van der Waals surface area contributed by atoms with Gasteiger partial charge in [0.2, 0.25) is 0 Å². The van der Waals surface area contributed by atoms with Gasteiger partial charge in [-0.1, -0.05) is 52.3 Å². The Labute approximate surface area is 117 Å². The summed E-state index contributed by atoms with van der Waals surface area (Å²) >= 11 is 7.02. The van der Waals surface area contributed by atoms with Crippen LogP contribution in [0, 0.1) is 11.3 Å². The average molecular weight is 351 g/mol. The number of halogens is 2. The molecule has 84 valence electrons. The molecule has 0 heterocycles. The molecule has 0 saturated heterocycles. The Morgan fingerprint density at radius 3 is 2.35 bits per heavy atom. The molecule has 1 unspecified atom stereocenters. The van der Waals surface area contributed by atoms with Crippen LogP contribution < -0.4 is 0 Å². The van der Waals surface area contributed by atoms with Crippen LogP contribution in [-0.2, 0) is 0 Å². The van der Waals surface area contributed by atoms with E-state index in [0.29, 0.717) is 5.56 Å². The second-order valence-electron chi connectivity index (χ2n) is 3.62. The highest BCUT2D eigenvalue weighted by Gasteiger charge is 2.11. The summed E-state index contributed by atoms with van der Waals surface area (Å²) in [5, 5.41) is 9.00. The van der Waals surface area contributed by atoms with Crippen molar-refractivity contribution >= 4 is 31.9 Å². The number of hydrogen-bond acceptors (Lipinski definition) is 1. The van der Waals surface area contributed by atoms with Crippen LogP contribution in [-0.4, -0.2) is 0 Å². The molecule has 3 heteroatoms. The van der Waals surface area contributed by atoms with Crippen molar-refractivity contribution in [1.82, 2.24) is 0 Å². The molecule has 2 rings (SSSR count). The molecule has 1 nitrogen and oxygen atoms in total. The topological polar surface area (TPSA) is 23.8 Å². The van der Waals surface area contributed by atoms with Crippen LogP contribution in [0.3, 0.4) is 0 Å². The Hall–Kier alpha value is -1.11. The lowest BCUT2D eigenvalue weighted by atomic mass is 10.0. The van der Waals surface area contributed by atoms with E-state index < -0.39 is 0 Å². The van der Waals surface area contributed by atoms with Crippen LogP contribution in [0.2, 0.25) is 0 Å². The summed E-state index contributed by atoms with van der Waals surface area (Å²) in [7, 11) is 0. The van der Waals surface area contributed by atoms with Crippen molar-refractivity contribution in [1.29, 1.82) is 5.26 Å². The molecule has 2 aromatic carbocycles. The van der Waals surface area contributed by atoms with E-state index in [4.69, 9.17) is 5.26 Å². The SMILES string of the molecule is N#Cc1cc(C(Br)c2ccccc2)ccc1Br. The number of nitrogens with zero attached hydrogens (tertiary/aromatic N) is 1. The second kappa shape index (κ2) is 5.48. The fourth-order valence-corrected chi connectivity index (χ4v) is 2.53. The Morgan fingerprint density at radius 2 is 1.71 bits per heavy atom. The van der Waals surface area contributed by atoms with Gasteiger partial charge in [0.05, 0.1) is 10.4 Å². The third-order valence-electron chi connectivity index (χ3n) is 2.50. The normalized spacial score (nSPS) is 11.8. The third kappa shape index (κ3) is 2.77. The molecular weight excluding hydrogens is 342 g/mol. The molecule has 2 aromatic rings. The van der Waals surface area contributed by atoms with Gasteiger partial charge in [-0.25, -0.2) is 0 Å². The molecule has 0 aliphatic carbocycles. The molecular formula is C14H9Br2N. The maximum Gasteiger partial charge on any atom is 0.100 e. The average Bonchev–Trinajstić information content (AvgIpc) is 2.39. The van der Waals surface area contributed by atoms with E-state index in [1.54, 1.807) is 0 Å². The Balaban J connectivity index is 2.39. The minimum atomic E-state index is 0.115. The van der Waals surface area contributed by atoms with Gasteiger partial charge in [-0.2, -0.15) is 5.26 Å². The van der Waals surface area contributed by atoms with Gasteiger partial charge in [0, 0.05) is 4.47 Å². The molecule has 0 radical (unpaired) electrons. The molecule has 0 aliphatic rings. The van der Waals surface area contributed by atoms with Crippen LogP contribution in [0.25, 0.3) is 0 Å². The van der Waals surface area contributed by atoms with E-state index >= 15 is 0 Å². The number of benzene rings is 2. The van der Waals surface area contributed by atoms with E-state index in [1.165, 1.54) is 5.56 Å². The number of nitriles is 1. The maximum absolute atomic E-state index is 9.00. The zero-order chi connectivity index (χ0) is 12.3. The Morgan fingerprint density at radius 1 is 1.00 bits per heavy atom. The molecule has 17 heavy (non-hydrogen) atoms. The van der Waals surface area contributed by atoms with Crippen LogP contribution in [0.5, 0.6) is 0 Å². The van der Waals surface area contributed by atoms with Crippen molar-refractivity contribution in [3.8, 4) is 6.07 Å². The number of hydrogen-bond donors (Lipinski definition) is 0. The minimum Gasteiger partial charge on any atom is -0.192 e. The molecule has 0 aromatic heterocycles. The Bertz CT molecular complexity index is 558. The van der Waals surface area contributed by atoms with Gasteiger partial charge in [0.25, 0.3) is 0 Å². The van der Waals surface area contributed by atoms with E-state index in [2.05, 4.69) is 50.1 Å². The van der Waals surface area contributed by atoms with Gasteiger partial charge in [0.1, 0.15) is 6.07 Å². The summed E-state index contributed by atoms with van der Waals surface area (Å²) < 4.78 is 0.830. The maximum atomic E-state index is 9.00. The molecule has 0 saturated carbocycles. The lowest BCUT2D eigenvalue weighted by Gasteiger charge is -2.11. The standard InChI is InChI=1S/C14H9Br2N/c15-13-7-6-11(8-12(13)9-17)14(16)10-4-2-1-3-5-10/h1-8,14H. The van der Waals surface area contributed by atoms with Gasteiger partial charge in [0.15, 0.2) is 0 Å². The number of alkyl halides is 1. The highest BCUT2D eigenvalue weighted by Crippen LogP contribution is 2.32. The van der Waals surface area contributed by atoms with Crippen molar-refractivity contribution in [3.63, 3.8) is 0 Å².